The van der Waals surface area contributed by atoms with Crippen LogP contribution in [0.4, 0.5) is 5.69 Å². The van der Waals surface area contributed by atoms with Crippen molar-refractivity contribution in [2.24, 2.45) is 0 Å². The van der Waals surface area contributed by atoms with E-state index in [-0.39, 0.29) is 5.97 Å². The van der Waals surface area contributed by atoms with Gasteiger partial charge in [-0.05, 0) is 43.9 Å². The Morgan fingerprint density at radius 2 is 2.20 bits per heavy atom. The molecule has 20 heavy (non-hydrogen) atoms. The molecule has 1 aromatic rings. The molecule has 0 fully saturated rings. The van der Waals surface area contributed by atoms with Crippen molar-refractivity contribution in [3.8, 4) is 0 Å². The lowest BCUT2D eigenvalue weighted by molar-refractivity contribution is -0.147. The number of hydrogen-bond acceptors (Lipinski definition) is 4. The van der Waals surface area contributed by atoms with E-state index in [0.29, 0.717) is 6.54 Å². The molecule has 0 aliphatic carbocycles. The summed E-state index contributed by atoms with van der Waals surface area (Å²) in [6, 6.07) is 6.54. The van der Waals surface area contributed by atoms with Gasteiger partial charge in [0, 0.05) is 25.8 Å². The van der Waals surface area contributed by atoms with E-state index in [1.165, 1.54) is 30.3 Å². The molecule has 0 spiro atoms. The number of nitrogens with one attached hydrogen (secondary N) is 1. The largest absolute Gasteiger partial charge is 0.468 e. The summed E-state index contributed by atoms with van der Waals surface area (Å²) in [7, 11) is 3.55. The van der Waals surface area contributed by atoms with E-state index in [1.807, 2.05) is 13.8 Å². The lowest BCUT2D eigenvalue weighted by Gasteiger charge is -2.28. The third-order valence-corrected chi connectivity index (χ3v) is 3.92. The van der Waals surface area contributed by atoms with Crippen LogP contribution in [0.3, 0.4) is 0 Å². The van der Waals surface area contributed by atoms with Gasteiger partial charge in [0.15, 0.2) is 0 Å². The highest BCUT2D eigenvalue weighted by Crippen LogP contribution is 2.26. The molecule has 0 saturated carbocycles. The summed E-state index contributed by atoms with van der Waals surface area (Å²) < 4.78 is 4.80. The number of anilines is 1. The molecule has 0 bridgehead atoms. The van der Waals surface area contributed by atoms with Gasteiger partial charge in [-0.15, -0.1) is 0 Å². The summed E-state index contributed by atoms with van der Waals surface area (Å²) in [6.07, 6.45) is 2.34. The second-order valence-corrected chi connectivity index (χ2v) is 5.96. The summed E-state index contributed by atoms with van der Waals surface area (Å²) in [5.74, 6) is -0.241. The second-order valence-electron chi connectivity index (χ2n) is 5.96. The average Bonchev–Trinajstić information content (AvgIpc) is 2.44. The molecule has 1 aliphatic rings. The van der Waals surface area contributed by atoms with Crippen molar-refractivity contribution in [2.45, 2.75) is 38.8 Å². The molecule has 110 valence electrons. The van der Waals surface area contributed by atoms with E-state index in [0.717, 1.165) is 13.0 Å². The Morgan fingerprint density at radius 3 is 2.90 bits per heavy atom. The number of methoxy groups -OCH3 is 1. The Morgan fingerprint density at radius 1 is 1.45 bits per heavy atom. The van der Waals surface area contributed by atoms with Crippen LogP contribution in [0.2, 0.25) is 0 Å². The second kappa shape index (κ2) is 5.83. The third kappa shape index (κ3) is 3.12. The van der Waals surface area contributed by atoms with Crippen molar-refractivity contribution in [1.82, 2.24) is 5.32 Å². The number of hydrogen-bond donors (Lipinski definition) is 1. The maximum atomic E-state index is 11.6. The summed E-state index contributed by atoms with van der Waals surface area (Å²) in [4.78, 5) is 13.9. The number of rotatable bonds is 4. The quantitative estimate of drug-likeness (QED) is 0.855. The molecule has 0 radical (unpaired) electrons. The van der Waals surface area contributed by atoms with Crippen LogP contribution in [0.1, 0.15) is 31.4 Å². The average molecular weight is 276 g/mol. The highest BCUT2D eigenvalue weighted by atomic mass is 16.5. The number of carbonyl (C=O) groups is 1. The topological polar surface area (TPSA) is 41.6 Å². The van der Waals surface area contributed by atoms with Crippen LogP contribution in [0, 0.1) is 0 Å². The third-order valence-electron chi connectivity index (χ3n) is 3.92. The van der Waals surface area contributed by atoms with Crippen molar-refractivity contribution >= 4 is 11.7 Å². The Kier molecular flexibility index (Phi) is 4.33. The first kappa shape index (κ1) is 14.9. The van der Waals surface area contributed by atoms with E-state index < -0.39 is 5.54 Å². The predicted octanol–water partition coefficient (Wildman–Crippen LogP) is 2.11. The molecule has 0 saturated heterocycles. The van der Waals surface area contributed by atoms with Crippen LogP contribution < -0.4 is 10.2 Å². The minimum atomic E-state index is -0.665. The van der Waals surface area contributed by atoms with Crippen molar-refractivity contribution in [2.75, 3.05) is 25.6 Å². The maximum Gasteiger partial charge on any atom is 0.325 e. The Bertz CT molecular complexity index is 497. The monoisotopic (exact) mass is 276 g/mol. The Balaban J connectivity index is 2.06. The van der Waals surface area contributed by atoms with Crippen molar-refractivity contribution in [1.29, 1.82) is 0 Å². The summed E-state index contributed by atoms with van der Waals surface area (Å²) in [5, 5.41) is 3.26. The van der Waals surface area contributed by atoms with Gasteiger partial charge < -0.3 is 9.64 Å². The fourth-order valence-electron chi connectivity index (χ4n) is 2.60. The smallest absolute Gasteiger partial charge is 0.325 e. The van der Waals surface area contributed by atoms with Gasteiger partial charge in [-0.1, -0.05) is 12.1 Å². The summed E-state index contributed by atoms with van der Waals surface area (Å²) >= 11 is 0. The molecule has 0 aromatic heterocycles. The predicted molar refractivity (Wildman–Crippen MR) is 81.0 cm³/mol. The molecule has 2 rings (SSSR count). The van der Waals surface area contributed by atoms with Crippen molar-refractivity contribution in [3.05, 3.63) is 29.3 Å². The molecule has 1 heterocycles. The molecule has 4 nitrogen and oxygen atoms in total. The van der Waals surface area contributed by atoms with E-state index in [9.17, 15) is 4.79 Å². The number of nitrogens with zero attached hydrogens (tertiary/aromatic N) is 1. The molecule has 1 aromatic carbocycles. The Labute approximate surface area is 121 Å². The van der Waals surface area contributed by atoms with Gasteiger partial charge in [0.25, 0.3) is 0 Å². The van der Waals surface area contributed by atoms with Crippen LogP contribution in [0.5, 0.6) is 0 Å². The van der Waals surface area contributed by atoms with Gasteiger partial charge in [-0.3, -0.25) is 10.1 Å². The van der Waals surface area contributed by atoms with Crippen LogP contribution in [0.25, 0.3) is 0 Å². The van der Waals surface area contributed by atoms with E-state index >= 15 is 0 Å². The first-order valence-electron chi connectivity index (χ1n) is 7.10. The first-order chi connectivity index (χ1) is 9.44. The van der Waals surface area contributed by atoms with Crippen LogP contribution >= 0.6 is 0 Å². The number of esters is 1. The van der Waals surface area contributed by atoms with Gasteiger partial charge in [-0.2, -0.15) is 0 Å². The van der Waals surface area contributed by atoms with Gasteiger partial charge in [0.1, 0.15) is 5.54 Å². The van der Waals surface area contributed by atoms with Gasteiger partial charge in [0.05, 0.1) is 7.11 Å². The zero-order valence-corrected chi connectivity index (χ0v) is 12.8. The summed E-state index contributed by atoms with van der Waals surface area (Å²) in [5.41, 5.74) is 3.26. The molecule has 0 atom stereocenters. The molecule has 0 unspecified atom stereocenters. The van der Waals surface area contributed by atoms with E-state index in [1.54, 1.807) is 0 Å². The van der Waals surface area contributed by atoms with Gasteiger partial charge in [-0.25, -0.2) is 0 Å². The van der Waals surface area contributed by atoms with Gasteiger partial charge >= 0.3 is 5.97 Å². The van der Waals surface area contributed by atoms with Crippen LogP contribution in [0.15, 0.2) is 18.2 Å². The minimum Gasteiger partial charge on any atom is -0.468 e. The van der Waals surface area contributed by atoms with Crippen molar-refractivity contribution in [3.63, 3.8) is 0 Å². The van der Waals surface area contributed by atoms with Gasteiger partial charge in [0.2, 0.25) is 0 Å². The van der Waals surface area contributed by atoms with Crippen LogP contribution in [-0.2, 0) is 22.5 Å². The number of carbonyl (C=O) groups excluding carboxylic acids is 1. The SMILES string of the molecule is COC(=O)C(C)(C)NCc1ccc2c(c1)CCCN2C. The van der Waals surface area contributed by atoms with E-state index in [2.05, 4.69) is 35.5 Å². The molecule has 1 N–H and O–H groups in total. The minimum absolute atomic E-state index is 0.241. The molecule has 4 heteroatoms. The fraction of sp³-hybridized carbons (Fsp3) is 0.562. The molecule has 0 amide bonds. The lowest BCUT2D eigenvalue weighted by Crippen LogP contribution is -2.46. The zero-order chi connectivity index (χ0) is 14.8. The van der Waals surface area contributed by atoms with E-state index in [4.69, 9.17) is 4.74 Å². The standard InChI is InChI=1S/C16H24N2O2/c1-16(2,15(19)20-4)17-11-12-7-8-14-13(10-12)6-5-9-18(14)3/h7-8,10,17H,5-6,9,11H2,1-4H3. The lowest BCUT2D eigenvalue weighted by atomic mass is 9.99. The molecular formula is C16H24N2O2. The highest BCUT2D eigenvalue weighted by Gasteiger charge is 2.27. The fourth-order valence-corrected chi connectivity index (χ4v) is 2.60. The number of aryl methyl sites for hydroxylation is 1. The normalized spacial score (nSPS) is 14.9. The van der Waals surface area contributed by atoms with Crippen LogP contribution in [-0.4, -0.2) is 32.2 Å². The molecule has 1 aliphatic heterocycles. The highest BCUT2D eigenvalue weighted by molar-refractivity contribution is 5.79. The molecular weight excluding hydrogens is 252 g/mol. The number of benzene rings is 1. The van der Waals surface area contributed by atoms with Crippen molar-refractivity contribution < 1.29 is 9.53 Å². The number of ether oxygens (including phenoxy) is 1. The Hall–Kier alpha value is -1.55. The first-order valence-corrected chi connectivity index (χ1v) is 7.10. The summed E-state index contributed by atoms with van der Waals surface area (Å²) in [6.45, 7) is 5.47. The zero-order valence-electron chi connectivity index (χ0n) is 12.8. The maximum absolute atomic E-state index is 11.6. The number of fused-ring (bicyclic) bond motifs is 1.